The number of fused-ring (bicyclic) bond motifs is 6. The maximum atomic E-state index is 2.27. The lowest BCUT2D eigenvalue weighted by molar-refractivity contribution is 0.171. The number of hydrogen-bond acceptors (Lipinski definition) is 0. The van der Waals surface area contributed by atoms with Crippen molar-refractivity contribution in [1.82, 2.24) is 0 Å². The van der Waals surface area contributed by atoms with Crippen molar-refractivity contribution in [3.05, 3.63) is 257 Å². The largest absolute Gasteiger partial charge is 0.0885 e. The van der Waals surface area contributed by atoms with Gasteiger partial charge < -0.3 is 0 Å². The molecule has 4 fully saturated rings. The first-order chi connectivity index (χ1) is 65.3. The van der Waals surface area contributed by atoms with E-state index in [1.165, 1.54) is 240 Å². The molecule has 0 spiro atoms. The summed E-state index contributed by atoms with van der Waals surface area (Å²) in [6.45, 7) is 88.0. The van der Waals surface area contributed by atoms with Crippen molar-refractivity contribution < 1.29 is 0 Å². The molecule has 0 amide bonds. The molecule has 6 aromatic rings. The average molecular weight is 1860 g/mol. The molecule has 0 saturated heterocycles. The second-order valence-corrected chi connectivity index (χ2v) is 25.8. The molecule has 0 heterocycles. The molecule has 11 aliphatic carbocycles. The molecule has 4 saturated carbocycles. The minimum absolute atomic E-state index is 0. The normalized spacial score (nSPS) is 13.9. The summed E-state index contributed by atoms with van der Waals surface area (Å²) in [5.74, 6) is 2.31. The third-order valence-corrected chi connectivity index (χ3v) is 19.0. The third kappa shape index (κ3) is 116. The quantitative estimate of drug-likeness (QED) is 0.133. The molecule has 0 aromatic heterocycles. The number of aryl methyl sites for hydroxylation is 6. The van der Waals surface area contributed by atoms with Crippen LogP contribution in [0.25, 0.3) is 16.8 Å². The number of hydrogen-bond donors (Lipinski definition) is 0. The highest BCUT2D eigenvalue weighted by molar-refractivity contribution is 5.82. The first-order valence-electron chi connectivity index (χ1n) is 58.0. The van der Waals surface area contributed by atoms with Crippen molar-refractivity contribution in [3.8, 4) is 0 Å². The fourth-order valence-corrected chi connectivity index (χ4v) is 13.8. The van der Waals surface area contributed by atoms with Crippen LogP contribution in [0, 0.1) is 11.8 Å². The third-order valence-electron chi connectivity index (χ3n) is 19.0. The van der Waals surface area contributed by atoms with Gasteiger partial charge >= 0.3 is 0 Å². The molecule has 788 valence electrons. The molecular weight excluding hydrogens is 1600 g/mol. The van der Waals surface area contributed by atoms with E-state index >= 15 is 0 Å². The average Bonchev–Trinajstić information content (AvgIpc) is 1.80. The zero-order chi connectivity index (χ0) is 104. The van der Waals surface area contributed by atoms with E-state index in [4.69, 9.17) is 0 Å². The summed E-state index contributed by atoms with van der Waals surface area (Å²) >= 11 is 0. The van der Waals surface area contributed by atoms with Crippen LogP contribution in [0.4, 0.5) is 0 Å². The van der Waals surface area contributed by atoms with E-state index in [-0.39, 0.29) is 14.9 Å². The Morgan fingerprint density at radius 2 is 0.338 bits per heavy atom. The Hall–Kier alpha value is -5.98. The van der Waals surface area contributed by atoms with Crippen molar-refractivity contribution in [3.63, 3.8) is 0 Å². The monoisotopic (exact) mass is 1850 g/mol. The van der Waals surface area contributed by atoms with Gasteiger partial charge in [0.2, 0.25) is 0 Å². The zero-order valence-corrected chi connectivity index (χ0v) is 98.5. The molecule has 133 heavy (non-hydrogen) atoms. The highest BCUT2D eigenvalue weighted by Gasteiger charge is 2.27. The van der Waals surface area contributed by atoms with Gasteiger partial charge in [-0.25, -0.2) is 0 Å². The maximum Gasteiger partial charge on any atom is -0.00882 e. The molecule has 0 radical (unpaired) electrons. The predicted molar refractivity (Wildman–Crippen MR) is 648 cm³/mol. The lowest BCUT2D eigenvalue weighted by Crippen LogP contribution is -2.22. The van der Waals surface area contributed by atoms with Gasteiger partial charge in [-0.3, -0.25) is 0 Å². The molecule has 0 bridgehead atoms. The Balaban J connectivity index is -0.0000000658. The van der Waals surface area contributed by atoms with Gasteiger partial charge in [-0.1, -0.05) is 660 Å². The number of benzene rings is 6. The lowest BCUT2D eigenvalue weighted by Gasteiger charge is -2.35. The van der Waals surface area contributed by atoms with Gasteiger partial charge in [-0.05, 0) is 196 Å². The standard InChI is InChI=1S/C10H18.2C10H12.C10H8.C9H10.C9H8.C6H12.C6H10.2C6H8.C5H10.22C2H6.2CH4/c4*1-2-6-10-8-4-3-7-9(10)5-1;2*1-2-5-9-7-3-6-8(9)4-1;4*1-2-4-6-5-3-1;1-2-4-5-3-1;22*1-2;;/h9-10H,1-8H2;2*1-2,5-6H,3-4,7-8H2;1-8H;1-2,4-5H,3,6-7H2;1-6H,7H2;1-6H2;1-2H,3-6H2;2*1-4H,5-6H2;1-5H2;22*1-2H3;2*1H4. The Bertz CT molecular complexity index is 2590. The minimum atomic E-state index is 0. The fourth-order valence-electron chi connectivity index (χ4n) is 13.8. The summed E-state index contributed by atoms with van der Waals surface area (Å²) in [6, 6.07) is 51.5. The van der Waals surface area contributed by atoms with Gasteiger partial charge in [-0.2, -0.15) is 0 Å². The summed E-state index contributed by atoms with van der Waals surface area (Å²) in [5.41, 5.74) is 12.3. The number of allylic oxidation sites excluding steroid dienone is 11. The van der Waals surface area contributed by atoms with Crippen LogP contribution in [0.1, 0.15) is 569 Å². The first kappa shape index (κ1) is 170. The molecule has 0 heteroatoms. The number of rotatable bonds is 0. The molecule has 0 nitrogen and oxygen atoms in total. The van der Waals surface area contributed by atoms with Gasteiger partial charge in [0, 0.05) is 0 Å². The van der Waals surface area contributed by atoms with Gasteiger partial charge in [0.1, 0.15) is 0 Å². The lowest BCUT2D eigenvalue weighted by atomic mass is 9.71. The summed E-state index contributed by atoms with van der Waals surface area (Å²) in [7, 11) is 0. The van der Waals surface area contributed by atoms with Crippen LogP contribution in [-0.4, -0.2) is 0 Å². The topological polar surface area (TPSA) is 0 Å². The second-order valence-electron chi connectivity index (χ2n) is 25.8. The Labute approximate surface area is 849 Å². The van der Waals surface area contributed by atoms with Crippen LogP contribution in [0.15, 0.2) is 212 Å². The van der Waals surface area contributed by atoms with E-state index in [1.807, 2.05) is 305 Å². The summed E-state index contributed by atoms with van der Waals surface area (Å²) in [4.78, 5) is 0. The van der Waals surface area contributed by atoms with Crippen LogP contribution in [-0.2, 0) is 44.9 Å². The van der Waals surface area contributed by atoms with Crippen LogP contribution in [0.3, 0.4) is 0 Å². The SMILES string of the molecule is C.C.C1=CCCC=C1.C1=CCCC=C1.C1=CCCCC1.C1=Cc2ccccc2C1.C1CCC2CCCCC2C1.C1CCCC1.C1CCCCC1.CC.CC.CC.CC.CC.CC.CC.CC.CC.CC.CC.CC.CC.CC.CC.CC.CC.CC.CC.CC.CC.CC.c1ccc2c(c1)CCC2.c1ccc2c(c1)CCCC2.c1ccc2c(c1)CCCC2.c1ccc2ccccc2c1. The van der Waals surface area contributed by atoms with Gasteiger partial charge in [0.05, 0.1) is 0 Å². The van der Waals surface area contributed by atoms with Gasteiger partial charge in [0.15, 0.2) is 0 Å². The molecule has 0 N–H and O–H groups in total. The summed E-state index contributed by atoms with van der Waals surface area (Å²) in [6.07, 6.45) is 81.1. The van der Waals surface area contributed by atoms with Crippen LogP contribution in [0.2, 0.25) is 0 Å². The van der Waals surface area contributed by atoms with E-state index in [0.717, 1.165) is 18.3 Å². The summed E-state index contributed by atoms with van der Waals surface area (Å²) in [5, 5.41) is 2.62. The van der Waals surface area contributed by atoms with Crippen LogP contribution >= 0.6 is 0 Å². The van der Waals surface area contributed by atoms with E-state index in [2.05, 4.69) is 219 Å². The minimum Gasteiger partial charge on any atom is -0.0885 e. The van der Waals surface area contributed by atoms with Crippen molar-refractivity contribution in [2.24, 2.45) is 11.8 Å². The smallest absolute Gasteiger partial charge is 0.00882 e. The van der Waals surface area contributed by atoms with Gasteiger partial charge in [-0.15, -0.1) is 0 Å². The predicted octanol–water partition coefficient (Wildman–Crippen LogP) is 49.8. The maximum absolute atomic E-state index is 2.27. The van der Waals surface area contributed by atoms with E-state index in [1.54, 1.807) is 59.1 Å². The van der Waals surface area contributed by atoms with E-state index in [0.29, 0.717) is 0 Å². The van der Waals surface area contributed by atoms with Crippen LogP contribution in [0.5, 0.6) is 0 Å². The Morgan fingerprint density at radius 3 is 0.511 bits per heavy atom. The molecular formula is C133H256. The van der Waals surface area contributed by atoms with Crippen molar-refractivity contribution >= 4 is 16.8 Å². The highest BCUT2D eigenvalue weighted by Crippen LogP contribution is 2.40. The Morgan fingerprint density at radius 1 is 0.158 bits per heavy atom. The second kappa shape index (κ2) is 179. The summed E-state index contributed by atoms with van der Waals surface area (Å²) < 4.78 is 0. The highest BCUT2D eigenvalue weighted by atomic mass is 14.3. The van der Waals surface area contributed by atoms with Crippen molar-refractivity contribution in [2.75, 3.05) is 0 Å². The van der Waals surface area contributed by atoms with Crippen molar-refractivity contribution in [1.29, 1.82) is 0 Å². The molecule has 0 unspecified atom stereocenters. The molecule has 6 aromatic carbocycles. The van der Waals surface area contributed by atoms with E-state index < -0.39 is 0 Å². The zero-order valence-electron chi connectivity index (χ0n) is 98.5. The molecule has 0 aliphatic heterocycles. The van der Waals surface area contributed by atoms with E-state index in [9.17, 15) is 0 Å². The molecule has 17 rings (SSSR count). The first-order valence-corrected chi connectivity index (χ1v) is 58.0. The molecule has 11 aliphatic rings. The Kier molecular flexibility index (Phi) is 228. The van der Waals surface area contributed by atoms with Crippen molar-refractivity contribution in [2.45, 2.75) is 570 Å². The molecule has 0 atom stereocenters. The van der Waals surface area contributed by atoms with Crippen LogP contribution < -0.4 is 0 Å². The fraction of sp³-hybridized carbons (Fsp3) is 0.654. The van der Waals surface area contributed by atoms with Gasteiger partial charge in [0.25, 0.3) is 0 Å².